The molecule has 1 aromatic carbocycles. The molecule has 3 heterocycles. The van der Waals surface area contributed by atoms with Crippen LogP contribution in [-0.4, -0.2) is 66.5 Å². The fraction of sp³-hybridized carbons (Fsp3) is 0.304. The summed E-state index contributed by atoms with van der Waals surface area (Å²) in [5.41, 5.74) is 1.69. The van der Waals surface area contributed by atoms with Crippen LogP contribution in [0, 0.1) is 6.92 Å². The van der Waals surface area contributed by atoms with Gasteiger partial charge in [0.1, 0.15) is 17.3 Å². The highest BCUT2D eigenvalue weighted by atomic mass is 16.5. The fourth-order valence-electron chi connectivity index (χ4n) is 3.54. The summed E-state index contributed by atoms with van der Waals surface area (Å²) in [6.07, 6.45) is 1.75. The molecule has 2 amide bonds. The third-order valence-corrected chi connectivity index (χ3v) is 5.36. The third-order valence-electron chi connectivity index (χ3n) is 5.36. The van der Waals surface area contributed by atoms with E-state index in [1.54, 1.807) is 43.5 Å². The van der Waals surface area contributed by atoms with Crippen molar-refractivity contribution in [3.63, 3.8) is 0 Å². The van der Waals surface area contributed by atoms with Gasteiger partial charge in [-0.15, -0.1) is 10.2 Å². The van der Waals surface area contributed by atoms with Crippen molar-refractivity contribution < 1.29 is 14.3 Å². The number of nitrogens with one attached hydrogen (secondary N) is 2. The minimum Gasteiger partial charge on any atom is -0.497 e. The molecule has 0 atom stereocenters. The average molecular weight is 450 g/mol. The molecule has 3 aromatic rings. The van der Waals surface area contributed by atoms with Crippen LogP contribution in [0.3, 0.4) is 0 Å². The van der Waals surface area contributed by atoms with Gasteiger partial charge in [-0.3, -0.25) is 0 Å². The van der Waals surface area contributed by atoms with Crippen molar-refractivity contribution in [3.05, 3.63) is 54.2 Å². The molecule has 0 radical (unpaired) electrons. The van der Waals surface area contributed by atoms with E-state index in [0.29, 0.717) is 49.2 Å². The van der Waals surface area contributed by atoms with Gasteiger partial charge in [-0.2, -0.15) is 0 Å². The number of nitrogens with zero attached hydrogens (tertiary/aromatic N) is 5. The van der Waals surface area contributed by atoms with Crippen LogP contribution >= 0.6 is 0 Å². The van der Waals surface area contributed by atoms with Crippen molar-refractivity contribution in [3.8, 4) is 11.5 Å². The van der Waals surface area contributed by atoms with Gasteiger partial charge in [0.2, 0.25) is 0 Å². The molecule has 1 fully saturated rings. The van der Waals surface area contributed by atoms with Crippen LogP contribution < -0.4 is 25.0 Å². The topological polar surface area (TPSA) is 105 Å². The predicted molar refractivity (Wildman–Crippen MR) is 127 cm³/mol. The number of amides is 2. The Morgan fingerprint density at radius 3 is 2.42 bits per heavy atom. The number of rotatable bonds is 6. The van der Waals surface area contributed by atoms with Crippen LogP contribution in [0.25, 0.3) is 0 Å². The van der Waals surface area contributed by atoms with Gasteiger partial charge in [-0.1, -0.05) is 0 Å². The highest BCUT2D eigenvalue weighted by molar-refractivity contribution is 5.91. The van der Waals surface area contributed by atoms with E-state index in [1.165, 1.54) is 0 Å². The van der Waals surface area contributed by atoms with Gasteiger partial charge < -0.3 is 29.9 Å². The van der Waals surface area contributed by atoms with Crippen LogP contribution in [0.5, 0.6) is 11.5 Å². The smallest absolute Gasteiger partial charge is 0.322 e. The van der Waals surface area contributed by atoms with Crippen molar-refractivity contribution in [1.29, 1.82) is 0 Å². The summed E-state index contributed by atoms with van der Waals surface area (Å²) in [4.78, 5) is 20.9. The molecule has 2 N–H and O–H groups in total. The maximum atomic E-state index is 12.8. The van der Waals surface area contributed by atoms with Gasteiger partial charge in [-0.25, -0.2) is 9.78 Å². The molecular formula is C23H27N7O3. The second kappa shape index (κ2) is 10.0. The number of carbonyl (C=O) groups excluding carboxylic acids is 1. The van der Waals surface area contributed by atoms with Gasteiger partial charge in [0.05, 0.1) is 19.9 Å². The summed E-state index contributed by atoms with van der Waals surface area (Å²) in [7, 11) is 3.15. The molecule has 33 heavy (non-hydrogen) atoms. The maximum Gasteiger partial charge on any atom is 0.322 e. The molecule has 2 aromatic heterocycles. The van der Waals surface area contributed by atoms with E-state index < -0.39 is 0 Å². The molecule has 0 spiro atoms. The Morgan fingerprint density at radius 1 is 0.939 bits per heavy atom. The number of benzene rings is 1. The highest BCUT2D eigenvalue weighted by Crippen LogP contribution is 2.29. The Balaban J connectivity index is 1.32. The molecule has 1 saturated heterocycles. The number of urea groups is 1. The lowest BCUT2D eigenvalue weighted by atomic mass is 10.2. The van der Waals surface area contributed by atoms with Gasteiger partial charge in [-0.05, 0) is 48.9 Å². The Bertz CT molecular complexity index is 1100. The number of carbonyl (C=O) groups is 1. The van der Waals surface area contributed by atoms with Crippen molar-refractivity contribution in [1.82, 2.24) is 20.1 Å². The quantitative estimate of drug-likeness (QED) is 0.591. The zero-order valence-electron chi connectivity index (χ0n) is 18.9. The second-order valence-electron chi connectivity index (χ2n) is 7.59. The number of hydrogen-bond acceptors (Lipinski definition) is 8. The van der Waals surface area contributed by atoms with Crippen molar-refractivity contribution in [2.24, 2.45) is 0 Å². The third kappa shape index (κ3) is 5.40. The molecule has 0 saturated carbocycles. The summed E-state index contributed by atoms with van der Waals surface area (Å²) >= 11 is 0. The predicted octanol–water partition coefficient (Wildman–Crippen LogP) is 3.29. The molecule has 0 bridgehead atoms. The summed E-state index contributed by atoms with van der Waals surface area (Å²) in [6, 6.07) is 12.8. The Morgan fingerprint density at radius 2 is 1.76 bits per heavy atom. The largest absolute Gasteiger partial charge is 0.497 e. The molecule has 4 rings (SSSR count). The molecule has 1 aliphatic heterocycles. The van der Waals surface area contributed by atoms with Crippen LogP contribution in [-0.2, 0) is 0 Å². The number of ether oxygens (including phenoxy) is 2. The Hall–Kier alpha value is -4.08. The minimum atomic E-state index is -0.183. The summed E-state index contributed by atoms with van der Waals surface area (Å²) in [5.74, 6) is 3.34. The Labute approximate surface area is 192 Å². The van der Waals surface area contributed by atoms with Crippen LogP contribution in [0.4, 0.5) is 27.9 Å². The summed E-state index contributed by atoms with van der Waals surface area (Å²) in [5, 5.41) is 14.7. The van der Waals surface area contributed by atoms with Crippen LogP contribution in [0.15, 0.2) is 48.7 Å². The molecule has 172 valence electrons. The Kier molecular flexibility index (Phi) is 6.72. The molecule has 10 nitrogen and oxygen atoms in total. The molecule has 0 unspecified atom stereocenters. The average Bonchev–Trinajstić information content (AvgIpc) is 2.84. The van der Waals surface area contributed by atoms with E-state index in [2.05, 4.69) is 30.7 Å². The maximum absolute atomic E-state index is 12.8. The normalized spacial score (nSPS) is 13.4. The number of aryl methyl sites for hydroxylation is 1. The number of hydrogen-bond donors (Lipinski definition) is 2. The van der Waals surface area contributed by atoms with Crippen molar-refractivity contribution in [2.75, 3.05) is 55.9 Å². The molecule has 0 aliphatic carbocycles. The van der Waals surface area contributed by atoms with Gasteiger partial charge >= 0.3 is 6.03 Å². The van der Waals surface area contributed by atoms with E-state index in [4.69, 9.17) is 9.47 Å². The minimum absolute atomic E-state index is 0.183. The lowest BCUT2D eigenvalue weighted by Gasteiger charge is -2.35. The lowest BCUT2D eigenvalue weighted by Crippen LogP contribution is -2.50. The van der Waals surface area contributed by atoms with E-state index >= 15 is 0 Å². The van der Waals surface area contributed by atoms with Gasteiger partial charge in [0, 0.05) is 38.4 Å². The number of anilines is 4. The molecule has 1 aliphatic rings. The van der Waals surface area contributed by atoms with Crippen LogP contribution in [0.1, 0.15) is 5.56 Å². The number of piperazine rings is 1. The summed E-state index contributed by atoms with van der Waals surface area (Å²) < 4.78 is 10.6. The van der Waals surface area contributed by atoms with Gasteiger partial charge in [0.15, 0.2) is 11.6 Å². The first-order chi connectivity index (χ1) is 16.1. The zero-order chi connectivity index (χ0) is 23.2. The first kappa shape index (κ1) is 22.1. The number of pyridine rings is 1. The monoisotopic (exact) mass is 449 g/mol. The lowest BCUT2D eigenvalue weighted by molar-refractivity contribution is 0.208. The van der Waals surface area contributed by atoms with E-state index in [-0.39, 0.29) is 6.03 Å². The van der Waals surface area contributed by atoms with E-state index in [9.17, 15) is 4.79 Å². The standard InChI is InChI=1S/C23H27N7O3/c1-16-8-9-24-21(14-16)26-20-6-7-22(28-27-20)29-10-12-30(13-11-29)23(31)25-18-15-17(32-2)4-5-19(18)33-3/h4-9,14-15H,10-13H2,1-3H3,(H,25,31)(H,24,26,27). The fourth-order valence-corrected chi connectivity index (χ4v) is 3.54. The van der Waals surface area contributed by atoms with E-state index in [1.807, 2.05) is 31.2 Å². The number of aromatic nitrogens is 3. The van der Waals surface area contributed by atoms with Crippen molar-refractivity contribution >= 4 is 29.2 Å². The van der Waals surface area contributed by atoms with Crippen LogP contribution in [0.2, 0.25) is 0 Å². The second-order valence-corrected chi connectivity index (χ2v) is 7.59. The SMILES string of the molecule is COc1ccc(OC)c(NC(=O)N2CCN(c3ccc(Nc4cc(C)ccn4)nn3)CC2)c1. The first-order valence-electron chi connectivity index (χ1n) is 10.6. The molecule has 10 heteroatoms. The summed E-state index contributed by atoms with van der Waals surface area (Å²) in [6.45, 7) is 4.45. The highest BCUT2D eigenvalue weighted by Gasteiger charge is 2.23. The first-order valence-corrected chi connectivity index (χ1v) is 10.6. The number of methoxy groups -OCH3 is 2. The molecular weight excluding hydrogens is 422 g/mol. The van der Waals surface area contributed by atoms with E-state index in [0.717, 1.165) is 17.2 Å². The van der Waals surface area contributed by atoms with Gasteiger partial charge in [0.25, 0.3) is 0 Å². The van der Waals surface area contributed by atoms with Crippen molar-refractivity contribution in [2.45, 2.75) is 6.92 Å². The zero-order valence-corrected chi connectivity index (χ0v) is 18.9.